The fraction of sp³-hybridized carbons (Fsp3) is 0.381. The van der Waals surface area contributed by atoms with Crippen LogP contribution in [0.4, 0.5) is 0 Å². The standard InChI is InChI=1S/C21H22BrNO/c22-20-11-5-4-10-17(20)18-14-19(18)21(24)23-12-6-9-16(23)13-15-7-2-1-3-8-15/h1-5,7-8,10-11,16,18-19H,6,9,12-14H2. The fourth-order valence-electron chi connectivity index (χ4n) is 4.02. The van der Waals surface area contributed by atoms with E-state index in [0.717, 1.165) is 36.7 Å². The van der Waals surface area contributed by atoms with Gasteiger partial charge in [0.05, 0.1) is 0 Å². The van der Waals surface area contributed by atoms with Gasteiger partial charge < -0.3 is 4.90 Å². The van der Waals surface area contributed by atoms with Crippen LogP contribution in [-0.2, 0) is 11.2 Å². The average Bonchev–Trinajstić information content (AvgIpc) is 3.27. The first kappa shape index (κ1) is 15.9. The highest BCUT2D eigenvalue weighted by Crippen LogP contribution is 2.51. The maximum absolute atomic E-state index is 13.0. The van der Waals surface area contributed by atoms with E-state index in [4.69, 9.17) is 0 Å². The second-order valence-electron chi connectivity index (χ2n) is 6.99. The summed E-state index contributed by atoms with van der Waals surface area (Å²) in [6.45, 7) is 0.926. The smallest absolute Gasteiger partial charge is 0.226 e. The summed E-state index contributed by atoms with van der Waals surface area (Å²) in [6, 6.07) is 19.2. The van der Waals surface area contributed by atoms with Gasteiger partial charge in [0.1, 0.15) is 0 Å². The molecule has 1 saturated heterocycles. The molecular weight excluding hydrogens is 362 g/mol. The minimum absolute atomic E-state index is 0.181. The first-order chi connectivity index (χ1) is 11.7. The Hall–Kier alpha value is -1.61. The molecular formula is C21H22BrNO. The van der Waals surface area contributed by atoms with Gasteiger partial charge in [0.2, 0.25) is 5.91 Å². The lowest BCUT2D eigenvalue weighted by molar-refractivity contribution is -0.133. The van der Waals surface area contributed by atoms with E-state index in [9.17, 15) is 4.79 Å². The zero-order chi connectivity index (χ0) is 16.5. The van der Waals surface area contributed by atoms with Crippen molar-refractivity contribution in [1.29, 1.82) is 0 Å². The number of carbonyl (C=O) groups is 1. The predicted octanol–water partition coefficient (Wildman–Crippen LogP) is 4.79. The number of carbonyl (C=O) groups excluding carboxylic acids is 1. The van der Waals surface area contributed by atoms with E-state index in [1.165, 1.54) is 11.1 Å². The van der Waals surface area contributed by atoms with Crippen LogP contribution in [0.1, 0.15) is 36.3 Å². The number of hydrogen-bond acceptors (Lipinski definition) is 1. The van der Waals surface area contributed by atoms with Gasteiger partial charge in [-0.05, 0) is 48.8 Å². The molecule has 0 radical (unpaired) electrons. The molecule has 24 heavy (non-hydrogen) atoms. The quantitative estimate of drug-likeness (QED) is 0.743. The molecule has 2 fully saturated rings. The van der Waals surface area contributed by atoms with Crippen LogP contribution in [0.5, 0.6) is 0 Å². The molecule has 0 aromatic heterocycles. The van der Waals surface area contributed by atoms with Gasteiger partial charge in [0.15, 0.2) is 0 Å². The number of likely N-dealkylation sites (tertiary alicyclic amines) is 1. The summed E-state index contributed by atoms with van der Waals surface area (Å²) in [5.41, 5.74) is 2.62. The van der Waals surface area contributed by atoms with E-state index < -0.39 is 0 Å². The molecule has 2 aromatic carbocycles. The lowest BCUT2D eigenvalue weighted by atomic mass is 10.0. The Morgan fingerprint density at radius 2 is 1.83 bits per heavy atom. The van der Waals surface area contributed by atoms with E-state index >= 15 is 0 Å². The lowest BCUT2D eigenvalue weighted by Crippen LogP contribution is -2.38. The summed E-state index contributed by atoms with van der Waals surface area (Å²) >= 11 is 3.63. The minimum atomic E-state index is 0.181. The number of benzene rings is 2. The number of amides is 1. The van der Waals surface area contributed by atoms with Crippen molar-refractivity contribution in [1.82, 2.24) is 4.90 Å². The summed E-state index contributed by atoms with van der Waals surface area (Å²) in [7, 11) is 0. The Morgan fingerprint density at radius 3 is 2.62 bits per heavy atom. The SMILES string of the molecule is O=C(C1CC1c1ccccc1Br)N1CCCC1Cc1ccccc1. The van der Waals surface area contributed by atoms with Crippen LogP contribution in [0.15, 0.2) is 59.1 Å². The molecule has 0 spiro atoms. The Labute approximate surface area is 152 Å². The van der Waals surface area contributed by atoms with Crippen LogP contribution in [0.2, 0.25) is 0 Å². The minimum Gasteiger partial charge on any atom is -0.339 e. The number of halogens is 1. The van der Waals surface area contributed by atoms with Crippen molar-refractivity contribution in [3.63, 3.8) is 0 Å². The van der Waals surface area contributed by atoms with E-state index in [0.29, 0.717) is 17.9 Å². The van der Waals surface area contributed by atoms with E-state index in [1.807, 2.05) is 12.1 Å². The molecule has 2 aliphatic rings. The van der Waals surface area contributed by atoms with E-state index in [2.05, 4.69) is 63.3 Å². The van der Waals surface area contributed by atoms with Crippen LogP contribution in [0.25, 0.3) is 0 Å². The van der Waals surface area contributed by atoms with Crippen molar-refractivity contribution in [3.8, 4) is 0 Å². The Morgan fingerprint density at radius 1 is 1.08 bits per heavy atom. The monoisotopic (exact) mass is 383 g/mol. The number of rotatable bonds is 4. The molecule has 1 saturated carbocycles. The number of hydrogen-bond donors (Lipinski definition) is 0. The third kappa shape index (κ3) is 3.14. The predicted molar refractivity (Wildman–Crippen MR) is 99.9 cm³/mol. The first-order valence-electron chi connectivity index (χ1n) is 8.83. The summed E-state index contributed by atoms with van der Waals surface area (Å²) < 4.78 is 1.13. The Kier molecular flexibility index (Phi) is 4.45. The van der Waals surface area contributed by atoms with Crippen LogP contribution in [0.3, 0.4) is 0 Å². The van der Waals surface area contributed by atoms with Crippen molar-refractivity contribution in [2.75, 3.05) is 6.54 Å². The van der Waals surface area contributed by atoms with Gasteiger partial charge in [-0.3, -0.25) is 4.79 Å². The highest BCUT2D eigenvalue weighted by Gasteiger charge is 2.48. The molecule has 1 heterocycles. The second kappa shape index (κ2) is 6.72. The van der Waals surface area contributed by atoms with Crippen LogP contribution in [0, 0.1) is 5.92 Å². The van der Waals surface area contributed by atoms with Crippen molar-refractivity contribution in [2.24, 2.45) is 5.92 Å². The van der Waals surface area contributed by atoms with E-state index in [-0.39, 0.29) is 5.92 Å². The summed E-state index contributed by atoms with van der Waals surface area (Å²) in [5, 5.41) is 0. The molecule has 2 aromatic rings. The highest BCUT2D eigenvalue weighted by molar-refractivity contribution is 9.10. The zero-order valence-corrected chi connectivity index (χ0v) is 15.3. The molecule has 3 heteroatoms. The zero-order valence-electron chi connectivity index (χ0n) is 13.7. The Balaban J connectivity index is 1.44. The van der Waals surface area contributed by atoms with Crippen molar-refractivity contribution in [3.05, 3.63) is 70.2 Å². The van der Waals surface area contributed by atoms with Crippen LogP contribution >= 0.6 is 15.9 Å². The fourth-order valence-corrected chi connectivity index (χ4v) is 4.60. The largest absolute Gasteiger partial charge is 0.339 e. The van der Waals surface area contributed by atoms with Gasteiger partial charge in [0, 0.05) is 23.0 Å². The molecule has 2 nitrogen and oxygen atoms in total. The average molecular weight is 384 g/mol. The summed E-state index contributed by atoms with van der Waals surface area (Å²) in [6.07, 6.45) is 4.25. The van der Waals surface area contributed by atoms with Gasteiger partial charge >= 0.3 is 0 Å². The van der Waals surface area contributed by atoms with Crippen molar-refractivity contribution in [2.45, 2.75) is 37.6 Å². The lowest BCUT2D eigenvalue weighted by Gasteiger charge is -2.25. The molecule has 1 aliphatic carbocycles. The van der Waals surface area contributed by atoms with Gasteiger partial charge in [0.25, 0.3) is 0 Å². The third-order valence-electron chi connectivity index (χ3n) is 5.39. The second-order valence-corrected chi connectivity index (χ2v) is 7.84. The van der Waals surface area contributed by atoms with Gasteiger partial charge in [-0.25, -0.2) is 0 Å². The van der Waals surface area contributed by atoms with Crippen LogP contribution < -0.4 is 0 Å². The molecule has 3 atom stereocenters. The molecule has 3 unspecified atom stereocenters. The molecule has 1 amide bonds. The van der Waals surface area contributed by atoms with Gasteiger partial charge in [-0.15, -0.1) is 0 Å². The molecule has 0 bridgehead atoms. The Bertz CT molecular complexity index is 730. The topological polar surface area (TPSA) is 20.3 Å². The molecule has 1 aliphatic heterocycles. The third-order valence-corrected chi connectivity index (χ3v) is 6.11. The van der Waals surface area contributed by atoms with E-state index in [1.54, 1.807) is 0 Å². The number of nitrogens with zero attached hydrogens (tertiary/aromatic N) is 1. The summed E-state index contributed by atoms with van der Waals surface area (Å²) in [4.78, 5) is 15.2. The first-order valence-corrected chi connectivity index (χ1v) is 9.62. The maximum Gasteiger partial charge on any atom is 0.226 e. The van der Waals surface area contributed by atoms with Gasteiger partial charge in [-0.2, -0.15) is 0 Å². The molecule has 4 rings (SSSR count). The molecule has 124 valence electrons. The highest BCUT2D eigenvalue weighted by atomic mass is 79.9. The van der Waals surface area contributed by atoms with Crippen LogP contribution in [-0.4, -0.2) is 23.4 Å². The van der Waals surface area contributed by atoms with Gasteiger partial charge in [-0.1, -0.05) is 64.5 Å². The van der Waals surface area contributed by atoms with Crippen molar-refractivity contribution < 1.29 is 4.79 Å². The normalized spacial score (nSPS) is 25.7. The maximum atomic E-state index is 13.0. The molecule has 0 N–H and O–H groups in total. The van der Waals surface area contributed by atoms with Crippen molar-refractivity contribution >= 4 is 21.8 Å². The summed E-state index contributed by atoms with van der Waals surface area (Å²) in [5.74, 6) is 0.945.